The SMILES string of the molecule is Cc1nc(C(Cc2ccsc2)NC(=O)C2CCCO2)sc1C. The van der Waals surface area contributed by atoms with Crippen LogP contribution in [0.3, 0.4) is 0 Å². The van der Waals surface area contributed by atoms with Crippen LogP contribution < -0.4 is 5.32 Å². The zero-order valence-electron chi connectivity index (χ0n) is 12.8. The van der Waals surface area contributed by atoms with E-state index in [1.54, 1.807) is 22.7 Å². The first kappa shape index (κ1) is 15.6. The second-order valence-corrected chi connectivity index (χ2v) is 7.61. The molecule has 4 nitrogen and oxygen atoms in total. The molecule has 22 heavy (non-hydrogen) atoms. The van der Waals surface area contributed by atoms with Crippen molar-refractivity contribution in [3.63, 3.8) is 0 Å². The fourth-order valence-electron chi connectivity index (χ4n) is 2.54. The number of carbonyl (C=O) groups excluding carboxylic acids is 1. The summed E-state index contributed by atoms with van der Waals surface area (Å²) < 4.78 is 5.49. The Morgan fingerprint density at radius 2 is 2.41 bits per heavy atom. The monoisotopic (exact) mass is 336 g/mol. The van der Waals surface area contributed by atoms with Crippen LogP contribution in [-0.4, -0.2) is 23.6 Å². The molecule has 1 aliphatic rings. The van der Waals surface area contributed by atoms with E-state index in [4.69, 9.17) is 4.74 Å². The van der Waals surface area contributed by atoms with Crippen molar-refractivity contribution in [3.05, 3.63) is 38.0 Å². The van der Waals surface area contributed by atoms with Crippen molar-refractivity contribution in [2.75, 3.05) is 6.61 Å². The van der Waals surface area contributed by atoms with Gasteiger partial charge in [-0.1, -0.05) is 0 Å². The highest BCUT2D eigenvalue weighted by Crippen LogP contribution is 2.27. The van der Waals surface area contributed by atoms with Gasteiger partial charge in [0.1, 0.15) is 11.1 Å². The zero-order chi connectivity index (χ0) is 15.5. The molecular formula is C16H20N2O2S2. The average molecular weight is 336 g/mol. The van der Waals surface area contributed by atoms with Crippen molar-refractivity contribution in [2.24, 2.45) is 0 Å². The highest BCUT2D eigenvalue weighted by molar-refractivity contribution is 7.11. The van der Waals surface area contributed by atoms with E-state index in [9.17, 15) is 4.79 Å². The zero-order valence-corrected chi connectivity index (χ0v) is 14.4. The predicted molar refractivity (Wildman–Crippen MR) is 89.5 cm³/mol. The number of hydrogen-bond donors (Lipinski definition) is 1. The normalized spacial score (nSPS) is 19.3. The Morgan fingerprint density at radius 1 is 1.55 bits per heavy atom. The van der Waals surface area contributed by atoms with Crippen molar-refractivity contribution in [2.45, 2.75) is 45.3 Å². The molecule has 1 N–H and O–H groups in total. The molecule has 1 saturated heterocycles. The van der Waals surface area contributed by atoms with E-state index < -0.39 is 0 Å². The molecule has 3 heterocycles. The molecule has 118 valence electrons. The maximum Gasteiger partial charge on any atom is 0.249 e. The third kappa shape index (κ3) is 3.56. The summed E-state index contributed by atoms with van der Waals surface area (Å²) in [5.74, 6) is -0.0109. The van der Waals surface area contributed by atoms with E-state index in [-0.39, 0.29) is 18.1 Å². The maximum absolute atomic E-state index is 12.4. The minimum Gasteiger partial charge on any atom is -0.368 e. The van der Waals surface area contributed by atoms with Crippen molar-refractivity contribution in [3.8, 4) is 0 Å². The van der Waals surface area contributed by atoms with Gasteiger partial charge in [0.25, 0.3) is 0 Å². The van der Waals surface area contributed by atoms with Gasteiger partial charge in [0.2, 0.25) is 5.91 Å². The summed E-state index contributed by atoms with van der Waals surface area (Å²) in [6.45, 7) is 4.77. The molecule has 0 saturated carbocycles. The van der Waals surface area contributed by atoms with Gasteiger partial charge < -0.3 is 10.1 Å². The minimum atomic E-state index is -0.299. The first-order valence-electron chi connectivity index (χ1n) is 7.50. The highest BCUT2D eigenvalue weighted by Gasteiger charge is 2.27. The van der Waals surface area contributed by atoms with Crippen molar-refractivity contribution >= 4 is 28.6 Å². The number of amides is 1. The van der Waals surface area contributed by atoms with Crippen LogP contribution in [0, 0.1) is 13.8 Å². The molecule has 2 aromatic rings. The first-order chi connectivity index (χ1) is 10.6. The molecule has 0 aliphatic carbocycles. The topological polar surface area (TPSA) is 51.2 Å². The van der Waals surface area contributed by atoms with Gasteiger partial charge in [-0.05, 0) is 49.1 Å². The molecule has 3 rings (SSSR count). The number of ether oxygens (including phenoxy) is 1. The Morgan fingerprint density at radius 3 is 3.00 bits per heavy atom. The number of nitrogens with zero attached hydrogens (tertiary/aromatic N) is 1. The lowest BCUT2D eigenvalue weighted by Gasteiger charge is -2.18. The van der Waals surface area contributed by atoms with Crippen LogP contribution >= 0.6 is 22.7 Å². The van der Waals surface area contributed by atoms with Gasteiger partial charge in [0.05, 0.1) is 11.7 Å². The first-order valence-corrected chi connectivity index (χ1v) is 9.26. The molecule has 1 aliphatic heterocycles. The van der Waals surface area contributed by atoms with Crippen LogP contribution in [0.4, 0.5) is 0 Å². The third-order valence-electron chi connectivity index (χ3n) is 3.90. The molecule has 1 fully saturated rings. The van der Waals surface area contributed by atoms with Crippen LogP contribution in [0.15, 0.2) is 16.8 Å². The number of nitrogens with one attached hydrogen (secondary N) is 1. The standard InChI is InChI=1S/C16H20N2O2S2/c1-10-11(2)22-16(17-10)13(8-12-5-7-21-9-12)18-15(19)14-4-3-6-20-14/h5,7,9,13-14H,3-4,6,8H2,1-2H3,(H,18,19). The summed E-state index contributed by atoms with van der Waals surface area (Å²) in [5, 5.41) is 8.31. The summed E-state index contributed by atoms with van der Waals surface area (Å²) in [5.41, 5.74) is 2.27. The highest BCUT2D eigenvalue weighted by atomic mass is 32.1. The number of thiophene rings is 1. The molecule has 0 bridgehead atoms. The number of rotatable bonds is 5. The molecule has 0 spiro atoms. The number of aromatic nitrogens is 1. The van der Waals surface area contributed by atoms with E-state index in [0.29, 0.717) is 6.61 Å². The van der Waals surface area contributed by atoms with Gasteiger partial charge in [0, 0.05) is 17.9 Å². The number of thiazole rings is 1. The van der Waals surface area contributed by atoms with Gasteiger partial charge in [-0.3, -0.25) is 4.79 Å². The lowest BCUT2D eigenvalue weighted by atomic mass is 10.1. The fourth-order valence-corrected chi connectivity index (χ4v) is 4.20. The number of carbonyl (C=O) groups is 1. The molecule has 1 amide bonds. The predicted octanol–water partition coefficient (Wildman–Crippen LogP) is 3.40. The number of aryl methyl sites for hydroxylation is 2. The van der Waals surface area contributed by atoms with Crippen LogP contribution in [0.1, 0.15) is 40.0 Å². The minimum absolute atomic E-state index is 0.0109. The molecule has 6 heteroatoms. The Kier molecular flexibility index (Phi) is 4.90. The molecule has 0 radical (unpaired) electrons. The molecule has 0 aromatic carbocycles. The lowest BCUT2D eigenvalue weighted by Crippen LogP contribution is -2.37. The van der Waals surface area contributed by atoms with Crippen LogP contribution in [0.5, 0.6) is 0 Å². The second kappa shape index (κ2) is 6.89. The van der Waals surface area contributed by atoms with Gasteiger partial charge in [0.15, 0.2) is 0 Å². The van der Waals surface area contributed by atoms with Crippen LogP contribution in [0.2, 0.25) is 0 Å². The molecule has 2 atom stereocenters. The van der Waals surface area contributed by atoms with E-state index >= 15 is 0 Å². The lowest BCUT2D eigenvalue weighted by molar-refractivity contribution is -0.130. The van der Waals surface area contributed by atoms with Gasteiger partial charge >= 0.3 is 0 Å². The van der Waals surface area contributed by atoms with Gasteiger partial charge in [-0.25, -0.2) is 4.98 Å². The fraction of sp³-hybridized carbons (Fsp3) is 0.500. The third-order valence-corrected chi connectivity index (χ3v) is 5.82. The summed E-state index contributed by atoms with van der Waals surface area (Å²) in [6, 6.07) is 2.02. The summed E-state index contributed by atoms with van der Waals surface area (Å²) in [7, 11) is 0. The number of hydrogen-bond acceptors (Lipinski definition) is 5. The van der Waals surface area contributed by atoms with Crippen molar-refractivity contribution in [1.29, 1.82) is 0 Å². The van der Waals surface area contributed by atoms with E-state index in [1.165, 1.54) is 10.4 Å². The average Bonchev–Trinajstić information content (AvgIpc) is 3.22. The molecular weight excluding hydrogens is 316 g/mol. The quantitative estimate of drug-likeness (QED) is 0.910. The van der Waals surface area contributed by atoms with Crippen molar-refractivity contribution < 1.29 is 9.53 Å². The molecule has 2 aromatic heterocycles. The smallest absolute Gasteiger partial charge is 0.249 e. The maximum atomic E-state index is 12.4. The Bertz CT molecular complexity index is 611. The summed E-state index contributed by atoms with van der Waals surface area (Å²) >= 11 is 3.34. The Hall–Kier alpha value is -1.24. The van der Waals surface area contributed by atoms with Crippen molar-refractivity contribution in [1.82, 2.24) is 10.3 Å². The molecule has 2 unspecified atom stereocenters. The largest absolute Gasteiger partial charge is 0.368 e. The second-order valence-electron chi connectivity index (χ2n) is 5.59. The summed E-state index contributed by atoms with van der Waals surface area (Å²) in [6.07, 6.45) is 2.25. The van der Waals surface area contributed by atoms with E-state index in [1.807, 2.05) is 6.92 Å². The Balaban J connectivity index is 1.77. The van der Waals surface area contributed by atoms with Crippen LogP contribution in [0.25, 0.3) is 0 Å². The summed E-state index contributed by atoms with van der Waals surface area (Å²) in [4.78, 5) is 18.2. The Labute approximate surface area is 138 Å². The van der Waals surface area contributed by atoms with E-state index in [2.05, 4.69) is 34.1 Å². The van der Waals surface area contributed by atoms with Crippen LogP contribution in [-0.2, 0) is 16.0 Å². The van der Waals surface area contributed by atoms with Gasteiger partial charge in [-0.15, -0.1) is 11.3 Å². The van der Waals surface area contributed by atoms with E-state index in [0.717, 1.165) is 30.0 Å². The van der Waals surface area contributed by atoms with Gasteiger partial charge in [-0.2, -0.15) is 11.3 Å².